The molecule has 0 spiro atoms. The molecule has 6 nitrogen and oxygen atoms in total. The molecule has 1 unspecified atom stereocenters. The normalized spacial score (nSPS) is 16.2. The molecule has 0 amide bonds. The zero-order chi connectivity index (χ0) is 23.8. The lowest BCUT2D eigenvalue weighted by molar-refractivity contribution is -0.210. The van der Waals surface area contributed by atoms with E-state index in [-0.39, 0.29) is 11.5 Å². The summed E-state index contributed by atoms with van der Waals surface area (Å²) in [6.45, 7) is -1.07. The molecule has 0 fully saturated rings. The minimum absolute atomic E-state index is 0.186. The number of nitrogens with one attached hydrogen (secondary N) is 1. The predicted octanol–water partition coefficient (Wildman–Crippen LogP) is 5.15. The maximum Gasteiger partial charge on any atom is 0.323 e. The van der Waals surface area contributed by atoms with E-state index >= 15 is 8.78 Å². The average molecular weight is 487 g/mol. The highest BCUT2D eigenvalue weighted by atomic mass is 32.1. The topological polar surface area (TPSA) is 73.1 Å². The highest BCUT2D eigenvalue weighted by Gasteiger charge is 2.58. The van der Waals surface area contributed by atoms with Gasteiger partial charge in [0.15, 0.2) is 5.60 Å². The van der Waals surface area contributed by atoms with Gasteiger partial charge in [0.25, 0.3) is 6.43 Å². The maximum atomic E-state index is 15.7. The molecule has 2 N–H and O–H groups in total. The number of pyridine rings is 1. The van der Waals surface area contributed by atoms with Gasteiger partial charge in [-0.3, -0.25) is 4.98 Å². The van der Waals surface area contributed by atoms with E-state index in [2.05, 4.69) is 20.9 Å². The zero-order valence-electron chi connectivity index (χ0n) is 16.5. The molecule has 0 radical (unpaired) electrons. The number of β-amino-alcohol motifs (C(OH)–C–C–N with tert-alkyl or cyclic N) is 1. The van der Waals surface area contributed by atoms with Gasteiger partial charge in [0.2, 0.25) is 0 Å². The number of thiophene rings is 1. The van der Waals surface area contributed by atoms with Crippen molar-refractivity contribution in [3.63, 3.8) is 0 Å². The Hall–Kier alpha value is -3.03. The Morgan fingerprint density at radius 3 is 2.48 bits per heavy atom. The van der Waals surface area contributed by atoms with Crippen LogP contribution in [0.5, 0.6) is 0 Å². The van der Waals surface area contributed by atoms with Gasteiger partial charge < -0.3 is 5.11 Å². The molecule has 3 heterocycles. The minimum atomic E-state index is -4.17. The summed E-state index contributed by atoms with van der Waals surface area (Å²) in [5.41, 5.74) is -2.35. The van der Waals surface area contributed by atoms with E-state index in [0.29, 0.717) is 16.5 Å². The molecule has 4 rings (SSSR count). The number of aromatic nitrogens is 1. The Balaban J connectivity index is 1.72. The van der Waals surface area contributed by atoms with E-state index in [1.54, 1.807) is 0 Å². The second-order valence-electron chi connectivity index (χ2n) is 7.17. The van der Waals surface area contributed by atoms with Gasteiger partial charge in [0, 0.05) is 28.3 Å². The van der Waals surface area contributed by atoms with Crippen LogP contribution in [0.25, 0.3) is 10.4 Å². The third-order valence-electron chi connectivity index (χ3n) is 5.02. The first kappa shape index (κ1) is 23.1. The summed E-state index contributed by atoms with van der Waals surface area (Å²) in [5, 5.41) is 19.1. The van der Waals surface area contributed by atoms with Crippen LogP contribution >= 0.6 is 11.3 Å². The molecule has 33 heavy (non-hydrogen) atoms. The number of hydrogen-bond donors (Lipinski definition) is 2. The number of rotatable bonds is 7. The molecule has 0 bridgehead atoms. The Morgan fingerprint density at radius 1 is 1.12 bits per heavy atom. The molecular formula is C20H15F6N5OS. The van der Waals surface area contributed by atoms with Crippen LogP contribution in [-0.2, 0) is 11.5 Å². The van der Waals surface area contributed by atoms with E-state index < -0.39 is 47.4 Å². The summed E-state index contributed by atoms with van der Waals surface area (Å²) >= 11 is 0.787. The van der Waals surface area contributed by atoms with E-state index in [4.69, 9.17) is 0 Å². The lowest BCUT2D eigenvalue weighted by atomic mass is 9.84. The molecule has 3 aromatic rings. The molecule has 1 aliphatic heterocycles. The Morgan fingerprint density at radius 2 is 1.91 bits per heavy atom. The summed E-state index contributed by atoms with van der Waals surface area (Å²) in [6.07, 6.45) is -1.62. The van der Waals surface area contributed by atoms with Gasteiger partial charge in [-0.25, -0.2) is 23.1 Å². The van der Waals surface area contributed by atoms with Gasteiger partial charge in [-0.2, -0.15) is 18.9 Å². The average Bonchev–Trinajstić information content (AvgIpc) is 3.46. The number of aliphatic hydroxyl groups is 1. The van der Waals surface area contributed by atoms with Crippen molar-refractivity contribution in [3.05, 3.63) is 76.4 Å². The lowest BCUT2D eigenvalue weighted by Crippen LogP contribution is -2.53. The Kier molecular flexibility index (Phi) is 6.12. The quantitative estimate of drug-likeness (QED) is 0.452. The number of halogens is 6. The third kappa shape index (κ3) is 4.30. The molecule has 2 aromatic heterocycles. The molecular weight excluding hydrogens is 472 g/mol. The van der Waals surface area contributed by atoms with Crippen molar-refractivity contribution in [2.75, 3.05) is 13.2 Å². The third-order valence-corrected chi connectivity index (χ3v) is 6.16. The van der Waals surface area contributed by atoms with Crippen LogP contribution in [-0.4, -0.2) is 28.3 Å². The minimum Gasteiger partial charge on any atom is -0.377 e. The van der Waals surface area contributed by atoms with Crippen LogP contribution in [0.3, 0.4) is 0 Å². The Bertz CT molecular complexity index is 1160. The van der Waals surface area contributed by atoms with E-state index in [1.807, 2.05) is 0 Å². The SMILES string of the molecule is OC(CN1CN=NN1)(c1ccc(F)cc1F)C(F)(F)c1ccc(-c2ccc(C(F)F)s2)cn1. The second kappa shape index (κ2) is 8.72. The van der Waals surface area contributed by atoms with Crippen LogP contribution in [0.4, 0.5) is 26.3 Å². The molecule has 0 saturated carbocycles. The fraction of sp³-hybridized carbons (Fsp3) is 0.250. The molecule has 13 heteroatoms. The predicted molar refractivity (Wildman–Crippen MR) is 106 cm³/mol. The molecule has 174 valence electrons. The van der Waals surface area contributed by atoms with Gasteiger partial charge in [-0.1, -0.05) is 11.3 Å². The van der Waals surface area contributed by atoms with E-state index in [1.165, 1.54) is 18.2 Å². The van der Waals surface area contributed by atoms with Crippen LogP contribution in [0.2, 0.25) is 0 Å². The summed E-state index contributed by atoms with van der Waals surface area (Å²) in [6, 6.07) is 6.65. The van der Waals surface area contributed by atoms with Crippen LogP contribution in [0, 0.1) is 11.6 Å². The number of benzene rings is 1. The standard InChI is InChI=1S/C20H15F6N5OS/c21-12-2-3-13(14(22)7-12)19(32,9-31-10-28-29-30-31)20(25,26)17-6-1-11(8-27-17)15-4-5-16(33-15)18(23)24/h1-8,18,32H,9-10H2,(H,28,30). The van der Waals surface area contributed by atoms with Gasteiger partial charge in [0.05, 0.1) is 11.4 Å². The summed E-state index contributed by atoms with van der Waals surface area (Å²) in [4.78, 5) is 3.92. The maximum absolute atomic E-state index is 15.7. The fourth-order valence-electron chi connectivity index (χ4n) is 3.34. The molecule has 1 aromatic carbocycles. The van der Waals surface area contributed by atoms with Crippen LogP contribution in [0.1, 0.15) is 22.6 Å². The number of alkyl halides is 4. The summed E-state index contributed by atoms with van der Waals surface area (Å²) < 4.78 is 84.9. The molecule has 1 aliphatic rings. The number of hydrazine groups is 1. The van der Waals surface area contributed by atoms with Crippen molar-refractivity contribution >= 4 is 11.3 Å². The van der Waals surface area contributed by atoms with Crippen molar-refractivity contribution in [3.8, 4) is 10.4 Å². The van der Waals surface area contributed by atoms with Crippen molar-refractivity contribution in [2.45, 2.75) is 17.9 Å². The smallest absolute Gasteiger partial charge is 0.323 e. The van der Waals surface area contributed by atoms with E-state index in [0.717, 1.165) is 40.7 Å². The van der Waals surface area contributed by atoms with Crippen molar-refractivity contribution in [2.24, 2.45) is 10.3 Å². The highest BCUT2D eigenvalue weighted by Crippen LogP contribution is 2.46. The Labute approximate surface area is 187 Å². The van der Waals surface area contributed by atoms with Crippen molar-refractivity contribution in [1.29, 1.82) is 0 Å². The van der Waals surface area contributed by atoms with Gasteiger partial charge in [-0.05, 0) is 30.3 Å². The lowest BCUT2D eigenvalue weighted by Gasteiger charge is -2.38. The first-order valence-electron chi connectivity index (χ1n) is 9.39. The molecule has 1 atom stereocenters. The van der Waals surface area contributed by atoms with Crippen LogP contribution < -0.4 is 5.53 Å². The van der Waals surface area contributed by atoms with Crippen LogP contribution in [0.15, 0.2) is 59.0 Å². The zero-order valence-corrected chi connectivity index (χ0v) is 17.3. The van der Waals surface area contributed by atoms with Gasteiger partial charge in [-0.15, -0.1) is 11.3 Å². The van der Waals surface area contributed by atoms with Gasteiger partial charge in [0.1, 0.15) is 24.0 Å². The van der Waals surface area contributed by atoms with Crippen molar-refractivity contribution < 1.29 is 31.4 Å². The summed E-state index contributed by atoms with van der Waals surface area (Å²) in [5.74, 6) is -6.55. The largest absolute Gasteiger partial charge is 0.377 e. The molecule has 0 aliphatic carbocycles. The number of hydrogen-bond acceptors (Lipinski definition) is 7. The fourth-order valence-corrected chi connectivity index (χ4v) is 4.19. The summed E-state index contributed by atoms with van der Waals surface area (Å²) in [7, 11) is 0. The highest BCUT2D eigenvalue weighted by molar-refractivity contribution is 7.15. The first-order chi connectivity index (χ1) is 15.6. The number of nitrogens with zero attached hydrogens (tertiary/aromatic N) is 4. The second-order valence-corrected chi connectivity index (χ2v) is 8.29. The molecule has 0 saturated heterocycles. The van der Waals surface area contributed by atoms with Crippen molar-refractivity contribution in [1.82, 2.24) is 15.5 Å². The first-order valence-corrected chi connectivity index (χ1v) is 10.2. The van der Waals surface area contributed by atoms with Gasteiger partial charge >= 0.3 is 5.92 Å². The van der Waals surface area contributed by atoms with E-state index in [9.17, 15) is 22.7 Å². The monoisotopic (exact) mass is 487 g/mol.